The van der Waals surface area contributed by atoms with E-state index < -0.39 is 0 Å². The van der Waals surface area contributed by atoms with Crippen LogP contribution in [-0.2, 0) is 6.54 Å². The SMILES string of the molecule is Cc1ccc2nc(-c3ccc(N)cc3)c(CN3CCCC(C)C3)n2c1. The average Bonchev–Trinajstić information content (AvgIpc) is 2.93. The summed E-state index contributed by atoms with van der Waals surface area (Å²) >= 11 is 0. The van der Waals surface area contributed by atoms with Gasteiger partial charge in [0.2, 0.25) is 0 Å². The maximum Gasteiger partial charge on any atom is 0.137 e. The second-order valence-corrected chi connectivity index (χ2v) is 7.45. The maximum absolute atomic E-state index is 5.87. The van der Waals surface area contributed by atoms with E-state index in [1.54, 1.807) is 0 Å². The zero-order chi connectivity index (χ0) is 17.4. The number of fused-ring (bicyclic) bond motifs is 1. The van der Waals surface area contributed by atoms with Crippen molar-refractivity contribution in [3.05, 3.63) is 53.9 Å². The molecule has 1 atom stereocenters. The van der Waals surface area contributed by atoms with Crippen LogP contribution in [0, 0.1) is 12.8 Å². The lowest BCUT2D eigenvalue weighted by Gasteiger charge is -2.30. The number of hydrogen-bond donors (Lipinski definition) is 1. The van der Waals surface area contributed by atoms with Crippen LogP contribution in [0.2, 0.25) is 0 Å². The van der Waals surface area contributed by atoms with Crippen LogP contribution >= 0.6 is 0 Å². The molecule has 1 fully saturated rings. The molecule has 4 heteroatoms. The van der Waals surface area contributed by atoms with Crippen LogP contribution in [-0.4, -0.2) is 27.4 Å². The number of nitrogens with zero attached hydrogens (tertiary/aromatic N) is 3. The minimum atomic E-state index is 0.773. The maximum atomic E-state index is 5.87. The number of piperidine rings is 1. The summed E-state index contributed by atoms with van der Waals surface area (Å²) in [4.78, 5) is 7.50. The molecule has 1 saturated heterocycles. The number of rotatable bonds is 3. The molecule has 25 heavy (non-hydrogen) atoms. The zero-order valence-electron chi connectivity index (χ0n) is 15.1. The molecule has 0 aliphatic carbocycles. The predicted octanol–water partition coefficient (Wildman–Crippen LogP) is 4.12. The quantitative estimate of drug-likeness (QED) is 0.733. The Morgan fingerprint density at radius 2 is 1.96 bits per heavy atom. The lowest BCUT2D eigenvalue weighted by atomic mass is 10.00. The van der Waals surface area contributed by atoms with Gasteiger partial charge in [-0.2, -0.15) is 0 Å². The Balaban J connectivity index is 1.79. The van der Waals surface area contributed by atoms with E-state index in [2.05, 4.69) is 53.6 Å². The Hall–Kier alpha value is -2.33. The molecule has 3 heterocycles. The molecule has 0 amide bonds. The number of nitrogen functional groups attached to an aromatic ring is 1. The van der Waals surface area contributed by atoms with E-state index in [-0.39, 0.29) is 0 Å². The summed E-state index contributed by atoms with van der Waals surface area (Å²) in [6.07, 6.45) is 4.83. The van der Waals surface area contributed by atoms with Crippen molar-refractivity contribution in [2.75, 3.05) is 18.8 Å². The van der Waals surface area contributed by atoms with Crippen molar-refractivity contribution in [1.82, 2.24) is 14.3 Å². The van der Waals surface area contributed by atoms with Crippen molar-refractivity contribution in [1.29, 1.82) is 0 Å². The van der Waals surface area contributed by atoms with Crippen molar-refractivity contribution in [2.24, 2.45) is 5.92 Å². The number of hydrogen-bond acceptors (Lipinski definition) is 3. The normalized spacial score (nSPS) is 18.7. The van der Waals surface area contributed by atoms with Gasteiger partial charge in [-0.3, -0.25) is 4.90 Å². The van der Waals surface area contributed by atoms with Crippen LogP contribution in [0.5, 0.6) is 0 Å². The van der Waals surface area contributed by atoms with Crippen LogP contribution < -0.4 is 5.73 Å². The lowest BCUT2D eigenvalue weighted by molar-refractivity contribution is 0.174. The third kappa shape index (κ3) is 3.27. The fraction of sp³-hybridized carbons (Fsp3) is 0.381. The van der Waals surface area contributed by atoms with Gasteiger partial charge in [0.1, 0.15) is 5.65 Å². The van der Waals surface area contributed by atoms with Gasteiger partial charge in [-0.05, 0) is 56.0 Å². The minimum Gasteiger partial charge on any atom is -0.399 e. The molecular formula is C21H26N4. The molecule has 2 N–H and O–H groups in total. The highest BCUT2D eigenvalue weighted by molar-refractivity contribution is 5.68. The van der Waals surface area contributed by atoms with Crippen molar-refractivity contribution >= 4 is 11.3 Å². The second kappa shape index (κ2) is 6.52. The number of imidazole rings is 1. The number of aryl methyl sites for hydroxylation is 1. The van der Waals surface area contributed by atoms with Crippen LogP contribution in [0.15, 0.2) is 42.6 Å². The molecule has 1 aliphatic heterocycles. The topological polar surface area (TPSA) is 46.6 Å². The highest BCUT2D eigenvalue weighted by atomic mass is 15.2. The molecule has 2 aromatic heterocycles. The molecule has 130 valence electrons. The zero-order valence-corrected chi connectivity index (χ0v) is 15.1. The Morgan fingerprint density at radius 1 is 1.16 bits per heavy atom. The summed E-state index contributed by atoms with van der Waals surface area (Å²) in [5.74, 6) is 0.773. The second-order valence-electron chi connectivity index (χ2n) is 7.45. The first kappa shape index (κ1) is 16.2. The third-order valence-corrected chi connectivity index (χ3v) is 5.16. The number of anilines is 1. The number of pyridine rings is 1. The van der Waals surface area contributed by atoms with Crippen molar-refractivity contribution in [3.8, 4) is 11.3 Å². The molecule has 4 rings (SSSR count). The standard InChI is InChI=1S/C21H26N4/c1-15-4-3-11-24(12-15)14-19-21(17-6-8-18(22)9-7-17)23-20-10-5-16(2)13-25(19)20/h5-10,13,15H,3-4,11-12,14,22H2,1-2H3. The molecule has 0 radical (unpaired) electrons. The number of nitrogens with two attached hydrogens (primary N) is 1. The van der Waals surface area contributed by atoms with Crippen molar-refractivity contribution < 1.29 is 0 Å². The molecule has 3 aromatic rings. The summed E-state index contributed by atoms with van der Waals surface area (Å²) in [7, 11) is 0. The van der Waals surface area contributed by atoms with Gasteiger partial charge >= 0.3 is 0 Å². The van der Waals surface area contributed by atoms with Crippen LogP contribution in [0.25, 0.3) is 16.9 Å². The largest absolute Gasteiger partial charge is 0.399 e. The summed E-state index contributed by atoms with van der Waals surface area (Å²) in [6, 6.07) is 12.3. The number of likely N-dealkylation sites (tertiary alicyclic amines) is 1. The van der Waals surface area contributed by atoms with Gasteiger partial charge in [-0.15, -0.1) is 0 Å². The summed E-state index contributed by atoms with van der Waals surface area (Å²) in [5, 5.41) is 0. The highest BCUT2D eigenvalue weighted by Crippen LogP contribution is 2.28. The Bertz CT molecular complexity index is 879. The van der Waals surface area contributed by atoms with Crippen molar-refractivity contribution in [2.45, 2.75) is 33.2 Å². The number of aromatic nitrogens is 2. The van der Waals surface area contributed by atoms with Gasteiger partial charge in [-0.25, -0.2) is 4.98 Å². The molecule has 4 nitrogen and oxygen atoms in total. The fourth-order valence-electron chi connectivity index (χ4n) is 3.86. The van der Waals surface area contributed by atoms with Gasteiger partial charge in [0, 0.05) is 30.5 Å². The third-order valence-electron chi connectivity index (χ3n) is 5.16. The van der Waals surface area contributed by atoms with E-state index in [9.17, 15) is 0 Å². The first-order valence-corrected chi connectivity index (χ1v) is 9.16. The highest BCUT2D eigenvalue weighted by Gasteiger charge is 2.21. The predicted molar refractivity (Wildman–Crippen MR) is 103 cm³/mol. The Labute approximate surface area is 149 Å². The monoisotopic (exact) mass is 334 g/mol. The van der Waals surface area contributed by atoms with E-state index in [1.165, 1.54) is 37.2 Å². The summed E-state index contributed by atoms with van der Waals surface area (Å²) in [5.41, 5.74) is 12.4. The van der Waals surface area contributed by atoms with E-state index in [1.807, 2.05) is 12.1 Å². The van der Waals surface area contributed by atoms with Gasteiger partial charge < -0.3 is 10.1 Å². The molecule has 0 saturated carbocycles. The van der Waals surface area contributed by atoms with Crippen LogP contribution in [0.1, 0.15) is 31.0 Å². The Morgan fingerprint density at radius 3 is 2.72 bits per heavy atom. The molecule has 1 unspecified atom stereocenters. The van der Waals surface area contributed by atoms with Gasteiger partial charge in [0.15, 0.2) is 0 Å². The van der Waals surface area contributed by atoms with E-state index in [0.29, 0.717) is 0 Å². The molecule has 1 aliphatic rings. The summed E-state index contributed by atoms with van der Waals surface area (Å²) in [6.45, 7) is 7.76. The molecular weight excluding hydrogens is 308 g/mol. The van der Waals surface area contributed by atoms with E-state index in [0.717, 1.165) is 35.1 Å². The van der Waals surface area contributed by atoms with Crippen LogP contribution in [0.3, 0.4) is 0 Å². The van der Waals surface area contributed by atoms with E-state index in [4.69, 9.17) is 10.7 Å². The molecule has 0 spiro atoms. The van der Waals surface area contributed by atoms with Gasteiger partial charge in [0.05, 0.1) is 11.4 Å². The van der Waals surface area contributed by atoms with Gasteiger partial charge in [0.25, 0.3) is 0 Å². The summed E-state index contributed by atoms with van der Waals surface area (Å²) < 4.78 is 2.26. The van der Waals surface area contributed by atoms with Crippen LogP contribution in [0.4, 0.5) is 5.69 Å². The van der Waals surface area contributed by atoms with Crippen molar-refractivity contribution in [3.63, 3.8) is 0 Å². The number of benzene rings is 1. The lowest BCUT2D eigenvalue weighted by Crippen LogP contribution is -2.34. The average molecular weight is 334 g/mol. The van der Waals surface area contributed by atoms with E-state index >= 15 is 0 Å². The first-order valence-electron chi connectivity index (χ1n) is 9.16. The first-order chi connectivity index (χ1) is 12.1. The molecule has 1 aromatic carbocycles. The molecule has 0 bridgehead atoms. The fourth-order valence-corrected chi connectivity index (χ4v) is 3.86. The Kier molecular flexibility index (Phi) is 4.22. The minimum absolute atomic E-state index is 0.773. The smallest absolute Gasteiger partial charge is 0.137 e. The van der Waals surface area contributed by atoms with Gasteiger partial charge in [-0.1, -0.05) is 25.1 Å².